The Hall–Kier alpha value is -3.01. The molecule has 4 rings (SSSR count). The first-order valence-corrected chi connectivity index (χ1v) is 11.4. The molecule has 1 aliphatic heterocycles. The topological polar surface area (TPSA) is 109 Å². The number of carbonyl (C=O) groups is 1. The monoisotopic (exact) mass is 441 g/mol. The summed E-state index contributed by atoms with van der Waals surface area (Å²) in [4.78, 5) is 27.7. The quantitative estimate of drug-likeness (QED) is 0.628. The molecule has 1 aliphatic rings. The first-order chi connectivity index (χ1) is 14.8. The third kappa shape index (κ3) is 4.53. The third-order valence-electron chi connectivity index (χ3n) is 5.24. The Morgan fingerprint density at radius 2 is 1.81 bits per heavy atom. The second-order valence-electron chi connectivity index (χ2n) is 7.44. The van der Waals surface area contributed by atoms with Crippen molar-refractivity contribution < 1.29 is 17.9 Å². The van der Waals surface area contributed by atoms with Crippen molar-refractivity contribution in [3.63, 3.8) is 0 Å². The van der Waals surface area contributed by atoms with E-state index in [2.05, 4.69) is 10.3 Å². The smallest absolute Gasteiger partial charge is 0.252 e. The predicted octanol–water partition coefficient (Wildman–Crippen LogP) is 1.79. The molecule has 1 fully saturated rings. The van der Waals surface area contributed by atoms with Gasteiger partial charge >= 0.3 is 0 Å². The maximum Gasteiger partial charge on any atom is 0.252 e. The molecule has 1 saturated heterocycles. The molecule has 0 spiro atoms. The number of amides is 1. The molecule has 31 heavy (non-hydrogen) atoms. The highest BCUT2D eigenvalue weighted by Gasteiger charge is 2.27. The highest BCUT2D eigenvalue weighted by atomic mass is 32.2. The van der Waals surface area contributed by atoms with E-state index >= 15 is 0 Å². The molecule has 0 radical (unpaired) electrons. The van der Waals surface area contributed by atoms with Crippen LogP contribution in [0.5, 0.6) is 0 Å². The number of H-pyrrole nitrogens is 1. The molecule has 0 unspecified atom stereocenters. The van der Waals surface area contributed by atoms with Crippen molar-refractivity contribution in [2.24, 2.45) is 0 Å². The molecule has 2 heterocycles. The first kappa shape index (κ1) is 21.2. The lowest BCUT2D eigenvalue weighted by molar-refractivity contribution is 0.0730. The summed E-state index contributed by atoms with van der Waals surface area (Å²) in [7, 11) is -3.74. The minimum atomic E-state index is -3.74. The van der Waals surface area contributed by atoms with Gasteiger partial charge in [-0.25, -0.2) is 8.42 Å². The number of morpholine rings is 1. The van der Waals surface area contributed by atoms with E-state index in [0.717, 1.165) is 11.1 Å². The Labute approximate surface area is 179 Å². The Bertz CT molecular complexity index is 1280. The van der Waals surface area contributed by atoms with Crippen LogP contribution >= 0.6 is 0 Å². The third-order valence-corrected chi connectivity index (χ3v) is 7.14. The van der Waals surface area contributed by atoms with Crippen LogP contribution in [0.25, 0.3) is 10.9 Å². The van der Waals surface area contributed by atoms with Crippen LogP contribution in [0, 0.1) is 6.92 Å². The van der Waals surface area contributed by atoms with Gasteiger partial charge in [0.15, 0.2) is 0 Å². The van der Waals surface area contributed by atoms with E-state index in [1.165, 1.54) is 28.6 Å². The van der Waals surface area contributed by atoms with Crippen molar-refractivity contribution in [3.8, 4) is 0 Å². The Morgan fingerprint density at radius 3 is 2.52 bits per heavy atom. The lowest BCUT2D eigenvalue weighted by atomic mass is 10.1. The molecule has 8 nitrogen and oxygen atoms in total. The van der Waals surface area contributed by atoms with Gasteiger partial charge in [0.25, 0.3) is 5.91 Å². The number of aromatic nitrogens is 1. The number of aryl methyl sites for hydroxylation is 1. The molecule has 0 saturated carbocycles. The van der Waals surface area contributed by atoms with E-state index in [-0.39, 0.29) is 23.5 Å². The standard InChI is InChI=1S/C22H23N3O5S/c1-15-2-4-16(5-3-15)14-23-22(27)19-13-21(26)24-20-7-6-17(12-18(19)20)31(28,29)25-8-10-30-11-9-25/h2-7,12-13H,8-11,14H2,1H3,(H,23,27)(H,24,26). The van der Waals surface area contributed by atoms with Crippen LogP contribution in [0.3, 0.4) is 0 Å². The number of fused-ring (bicyclic) bond motifs is 1. The number of rotatable bonds is 5. The fraction of sp³-hybridized carbons (Fsp3) is 0.273. The Balaban J connectivity index is 1.67. The Morgan fingerprint density at radius 1 is 1.10 bits per heavy atom. The minimum absolute atomic E-state index is 0.0709. The summed E-state index contributed by atoms with van der Waals surface area (Å²) in [5.74, 6) is -0.447. The molecule has 9 heteroatoms. The molecule has 3 aromatic rings. The normalized spacial score (nSPS) is 15.1. The number of benzene rings is 2. The van der Waals surface area contributed by atoms with Crippen LogP contribution in [0.2, 0.25) is 0 Å². The van der Waals surface area contributed by atoms with E-state index in [4.69, 9.17) is 4.74 Å². The first-order valence-electron chi connectivity index (χ1n) is 9.93. The summed E-state index contributed by atoms with van der Waals surface area (Å²) in [5.41, 5.74) is 2.13. The second-order valence-corrected chi connectivity index (χ2v) is 9.38. The summed E-state index contributed by atoms with van der Waals surface area (Å²) < 4.78 is 32.6. The van der Waals surface area contributed by atoms with Gasteiger partial charge in [-0.3, -0.25) is 9.59 Å². The van der Waals surface area contributed by atoms with Crippen LogP contribution in [-0.2, 0) is 21.3 Å². The number of carbonyl (C=O) groups excluding carboxylic acids is 1. The highest BCUT2D eigenvalue weighted by molar-refractivity contribution is 7.89. The van der Waals surface area contributed by atoms with Gasteiger partial charge in [0, 0.05) is 36.6 Å². The van der Waals surface area contributed by atoms with E-state index in [1.54, 1.807) is 0 Å². The molecule has 2 N–H and O–H groups in total. The van der Waals surface area contributed by atoms with Crippen molar-refractivity contribution in [2.45, 2.75) is 18.4 Å². The Kier molecular flexibility index (Phi) is 5.90. The van der Waals surface area contributed by atoms with Crippen LogP contribution in [0.4, 0.5) is 0 Å². The largest absolute Gasteiger partial charge is 0.379 e. The summed E-state index contributed by atoms with van der Waals surface area (Å²) in [6.45, 7) is 3.50. The van der Waals surface area contributed by atoms with Gasteiger partial charge in [-0.05, 0) is 30.7 Å². The fourth-order valence-electron chi connectivity index (χ4n) is 3.50. The SMILES string of the molecule is Cc1ccc(CNC(=O)c2cc(=O)[nH]c3ccc(S(=O)(=O)N4CCOCC4)cc23)cc1. The zero-order valence-electron chi connectivity index (χ0n) is 17.1. The van der Waals surface area contributed by atoms with Gasteiger partial charge < -0.3 is 15.0 Å². The zero-order valence-corrected chi connectivity index (χ0v) is 17.9. The lowest BCUT2D eigenvalue weighted by Crippen LogP contribution is -2.40. The maximum atomic E-state index is 13.0. The second kappa shape index (κ2) is 8.62. The summed E-state index contributed by atoms with van der Waals surface area (Å²) in [6.07, 6.45) is 0. The van der Waals surface area contributed by atoms with Crippen molar-refractivity contribution in [3.05, 3.63) is 75.6 Å². The number of hydrogen-bond acceptors (Lipinski definition) is 5. The molecule has 0 aliphatic carbocycles. The van der Waals surface area contributed by atoms with Gasteiger partial charge in [0.2, 0.25) is 15.6 Å². The molecular weight excluding hydrogens is 418 g/mol. The van der Waals surface area contributed by atoms with Crippen LogP contribution < -0.4 is 10.9 Å². The van der Waals surface area contributed by atoms with Gasteiger partial charge in [-0.1, -0.05) is 29.8 Å². The zero-order chi connectivity index (χ0) is 22.0. The summed E-state index contributed by atoms with van der Waals surface area (Å²) in [5, 5.41) is 3.18. The van der Waals surface area contributed by atoms with Crippen LogP contribution in [-0.4, -0.2) is 49.9 Å². The van der Waals surface area contributed by atoms with Crippen molar-refractivity contribution in [1.29, 1.82) is 0 Å². The molecule has 0 bridgehead atoms. The van der Waals surface area contributed by atoms with Crippen molar-refractivity contribution in [1.82, 2.24) is 14.6 Å². The summed E-state index contributed by atoms with van der Waals surface area (Å²) in [6, 6.07) is 13.3. The van der Waals surface area contributed by atoms with Crippen LogP contribution in [0.15, 0.2) is 58.2 Å². The van der Waals surface area contributed by atoms with Gasteiger partial charge in [-0.2, -0.15) is 4.31 Å². The average molecular weight is 442 g/mol. The lowest BCUT2D eigenvalue weighted by Gasteiger charge is -2.26. The van der Waals surface area contributed by atoms with E-state index < -0.39 is 21.5 Å². The predicted molar refractivity (Wildman–Crippen MR) is 116 cm³/mol. The highest BCUT2D eigenvalue weighted by Crippen LogP contribution is 2.23. The molecule has 1 amide bonds. The molecular formula is C22H23N3O5S. The number of aromatic amines is 1. The molecule has 0 atom stereocenters. The number of pyridine rings is 1. The van der Waals surface area contributed by atoms with Gasteiger partial charge in [-0.15, -0.1) is 0 Å². The number of nitrogens with one attached hydrogen (secondary N) is 2. The van der Waals surface area contributed by atoms with Gasteiger partial charge in [0.1, 0.15) is 0 Å². The number of ether oxygens (including phenoxy) is 1. The number of hydrogen-bond donors (Lipinski definition) is 2. The van der Waals surface area contributed by atoms with E-state index in [0.29, 0.717) is 30.7 Å². The fourth-order valence-corrected chi connectivity index (χ4v) is 4.94. The van der Waals surface area contributed by atoms with Crippen molar-refractivity contribution in [2.75, 3.05) is 26.3 Å². The molecule has 162 valence electrons. The maximum absolute atomic E-state index is 13.0. The van der Waals surface area contributed by atoms with E-state index in [9.17, 15) is 18.0 Å². The van der Waals surface area contributed by atoms with Crippen LogP contribution in [0.1, 0.15) is 21.5 Å². The minimum Gasteiger partial charge on any atom is -0.379 e. The van der Waals surface area contributed by atoms with Crippen molar-refractivity contribution >= 4 is 26.8 Å². The average Bonchev–Trinajstić information content (AvgIpc) is 2.78. The summed E-state index contributed by atoms with van der Waals surface area (Å²) >= 11 is 0. The molecule has 2 aromatic carbocycles. The number of sulfonamides is 1. The number of nitrogens with zero attached hydrogens (tertiary/aromatic N) is 1. The molecule has 1 aromatic heterocycles. The van der Waals surface area contributed by atoms with Gasteiger partial charge in [0.05, 0.1) is 23.7 Å². The van der Waals surface area contributed by atoms with E-state index in [1.807, 2.05) is 31.2 Å².